The van der Waals surface area contributed by atoms with Gasteiger partial charge >= 0.3 is 0 Å². The molecule has 90 valence electrons. The Labute approximate surface area is 97.4 Å². The molecule has 0 spiro atoms. The van der Waals surface area contributed by atoms with Crippen molar-refractivity contribution in [2.24, 2.45) is 7.05 Å². The number of piperazine rings is 1. The zero-order chi connectivity index (χ0) is 11.8. The minimum atomic E-state index is -0.142. The topological polar surface area (TPSA) is 78.8 Å². The summed E-state index contributed by atoms with van der Waals surface area (Å²) in [6, 6.07) is 0. The molecule has 3 rings (SSSR count). The van der Waals surface area contributed by atoms with Crippen LogP contribution >= 0.6 is 0 Å². The van der Waals surface area contributed by atoms with Gasteiger partial charge in [-0.25, -0.2) is 9.67 Å². The fourth-order valence-electron chi connectivity index (χ4n) is 2.01. The first-order valence-corrected chi connectivity index (χ1v) is 5.63. The predicted octanol–water partition coefficient (Wildman–Crippen LogP) is -0.934. The van der Waals surface area contributed by atoms with Gasteiger partial charge in [0.25, 0.3) is 5.56 Å². The minimum absolute atomic E-state index is 0.142. The van der Waals surface area contributed by atoms with Crippen LogP contribution in [0.5, 0.6) is 0 Å². The van der Waals surface area contributed by atoms with Crippen LogP contribution in [0.1, 0.15) is 0 Å². The second-order valence-electron chi connectivity index (χ2n) is 4.13. The molecule has 0 aliphatic carbocycles. The number of aryl methyl sites for hydroxylation is 1. The molecule has 3 heterocycles. The summed E-state index contributed by atoms with van der Waals surface area (Å²) in [7, 11) is 1.63. The average molecular weight is 234 g/mol. The summed E-state index contributed by atoms with van der Waals surface area (Å²) in [5.41, 5.74) is 1.01. The van der Waals surface area contributed by atoms with Crippen molar-refractivity contribution >= 4 is 17.0 Å². The molecule has 0 unspecified atom stereocenters. The second kappa shape index (κ2) is 3.85. The fraction of sp³-hybridized carbons (Fsp3) is 0.500. The number of hydrogen-bond donors (Lipinski definition) is 2. The van der Waals surface area contributed by atoms with Crippen LogP contribution in [0.25, 0.3) is 11.0 Å². The number of imidazole rings is 1. The maximum Gasteiger partial charge on any atom is 0.292 e. The number of rotatable bonds is 1. The Morgan fingerprint density at radius 3 is 2.88 bits per heavy atom. The first-order valence-electron chi connectivity index (χ1n) is 5.63. The lowest BCUT2D eigenvalue weighted by atomic mass is 10.4. The predicted molar refractivity (Wildman–Crippen MR) is 64.2 cm³/mol. The van der Waals surface area contributed by atoms with Crippen molar-refractivity contribution < 1.29 is 0 Å². The van der Waals surface area contributed by atoms with Crippen LogP contribution in [-0.2, 0) is 7.05 Å². The van der Waals surface area contributed by atoms with Gasteiger partial charge in [-0.2, -0.15) is 5.10 Å². The van der Waals surface area contributed by atoms with E-state index in [0.29, 0.717) is 11.0 Å². The van der Waals surface area contributed by atoms with E-state index in [4.69, 9.17) is 0 Å². The van der Waals surface area contributed by atoms with E-state index in [1.54, 1.807) is 13.2 Å². The number of aromatic nitrogens is 4. The van der Waals surface area contributed by atoms with Gasteiger partial charge in [-0.15, -0.1) is 0 Å². The molecule has 0 amide bonds. The van der Waals surface area contributed by atoms with Crippen molar-refractivity contribution in [1.29, 1.82) is 0 Å². The van der Waals surface area contributed by atoms with Crippen LogP contribution in [0.15, 0.2) is 11.0 Å². The zero-order valence-corrected chi connectivity index (χ0v) is 9.60. The van der Waals surface area contributed by atoms with E-state index in [0.717, 1.165) is 32.1 Å². The van der Waals surface area contributed by atoms with Gasteiger partial charge in [0.05, 0.1) is 6.20 Å². The number of hydrogen-bond acceptors (Lipinski definition) is 5. The molecule has 7 nitrogen and oxygen atoms in total. The van der Waals surface area contributed by atoms with Gasteiger partial charge in [-0.1, -0.05) is 0 Å². The van der Waals surface area contributed by atoms with Gasteiger partial charge < -0.3 is 15.2 Å². The molecular formula is C10H14N6O. The van der Waals surface area contributed by atoms with Crippen LogP contribution in [0.4, 0.5) is 5.95 Å². The Bertz CT molecular complexity index is 594. The summed E-state index contributed by atoms with van der Waals surface area (Å²) in [5, 5.41) is 7.23. The van der Waals surface area contributed by atoms with Gasteiger partial charge in [0.2, 0.25) is 5.95 Å². The molecule has 7 heteroatoms. The van der Waals surface area contributed by atoms with Gasteiger partial charge in [0.15, 0.2) is 0 Å². The van der Waals surface area contributed by atoms with Gasteiger partial charge in [0.1, 0.15) is 11.0 Å². The number of fused-ring (bicyclic) bond motifs is 1. The molecule has 2 aromatic heterocycles. The molecule has 17 heavy (non-hydrogen) atoms. The highest BCUT2D eigenvalue weighted by molar-refractivity contribution is 5.75. The zero-order valence-electron chi connectivity index (χ0n) is 9.60. The third kappa shape index (κ3) is 1.68. The Hall–Kier alpha value is -1.89. The van der Waals surface area contributed by atoms with E-state index >= 15 is 0 Å². The molecular weight excluding hydrogens is 220 g/mol. The van der Waals surface area contributed by atoms with Crippen molar-refractivity contribution in [3.8, 4) is 0 Å². The first kappa shape index (κ1) is 10.3. The Morgan fingerprint density at radius 2 is 2.12 bits per heavy atom. The molecule has 0 radical (unpaired) electrons. The summed E-state index contributed by atoms with van der Waals surface area (Å²) in [6.07, 6.45) is 1.61. The van der Waals surface area contributed by atoms with Crippen molar-refractivity contribution in [3.63, 3.8) is 0 Å². The van der Waals surface area contributed by atoms with Crippen LogP contribution in [-0.4, -0.2) is 45.9 Å². The van der Waals surface area contributed by atoms with E-state index in [-0.39, 0.29) is 5.56 Å². The molecule has 1 saturated heterocycles. The van der Waals surface area contributed by atoms with Gasteiger partial charge in [0, 0.05) is 33.2 Å². The summed E-state index contributed by atoms with van der Waals surface area (Å²) >= 11 is 0. The largest absolute Gasteiger partial charge is 0.340 e. The van der Waals surface area contributed by atoms with Gasteiger partial charge in [-0.05, 0) is 0 Å². The molecule has 1 fully saturated rings. The molecule has 1 aliphatic heterocycles. The summed E-state index contributed by atoms with van der Waals surface area (Å²) < 4.78 is 1.31. The van der Waals surface area contributed by atoms with Crippen LogP contribution in [0.3, 0.4) is 0 Å². The highest BCUT2D eigenvalue weighted by atomic mass is 16.1. The summed E-state index contributed by atoms with van der Waals surface area (Å²) in [4.78, 5) is 21.5. The standard InChI is InChI=1S/C10H14N6O/c1-15-9(17)8-7(6-12-15)13-10(14-8)16-4-2-11-3-5-16/h6,11H,2-5H2,1H3,(H,13,14). The second-order valence-corrected chi connectivity index (χ2v) is 4.13. The van der Waals surface area contributed by atoms with Gasteiger partial charge in [-0.3, -0.25) is 4.79 Å². The van der Waals surface area contributed by atoms with E-state index in [1.807, 2.05) is 0 Å². The summed E-state index contributed by atoms with van der Waals surface area (Å²) in [6.45, 7) is 3.67. The molecule has 0 aromatic carbocycles. The first-order chi connectivity index (χ1) is 8.25. The third-order valence-electron chi connectivity index (χ3n) is 3.00. The van der Waals surface area contributed by atoms with Crippen molar-refractivity contribution in [2.75, 3.05) is 31.1 Å². The SMILES string of the molecule is Cn1ncc2nc(N3CCNCC3)[nH]c2c1=O. The average Bonchev–Trinajstić information content (AvgIpc) is 2.80. The monoisotopic (exact) mass is 234 g/mol. The number of nitrogens with zero attached hydrogens (tertiary/aromatic N) is 4. The highest BCUT2D eigenvalue weighted by Crippen LogP contribution is 2.13. The Morgan fingerprint density at radius 1 is 1.35 bits per heavy atom. The van der Waals surface area contributed by atoms with Crippen molar-refractivity contribution in [2.45, 2.75) is 0 Å². The molecule has 1 aliphatic rings. The molecule has 0 bridgehead atoms. The number of aromatic amines is 1. The summed E-state index contributed by atoms with van der Waals surface area (Å²) in [5.74, 6) is 0.756. The lowest BCUT2D eigenvalue weighted by molar-refractivity contribution is 0.582. The minimum Gasteiger partial charge on any atom is -0.340 e. The molecule has 2 N–H and O–H groups in total. The molecule has 0 saturated carbocycles. The van der Waals surface area contributed by atoms with Crippen molar-refractivity contribution in [3.05, 3.63) is 16.6 Å². The molecule has 2 aromatic rings. The quantitative estimate of drug-likeness (QED) is 0.666. The van der Waals surface area contributed by atoms with E-state index in [2.05, 4.69) is 25.3 Å². The smallest absolute Gasteiger partial charge is 0.292 e. The van der Waals surface area contributed by atoms with E-state index < -0.39 is 0 Å². The van der Waals surface area contributed by atoms with Crippen LogP contribution in [0.2, 0.25) is 0 Å². The molecule has 0 atom stereocenters. The number of anilines is 1. The maximum atomic E-state index is 11.8. The van der Waals surface area contributed by atoms with Crippen molar-refractivity contribution in [1.82, 2.24) is 25.1 Å². The maximum absolute atomic E-state index is 11.8. The van der Waals surface area contributed by atoms with Crippen LogP contribution in [0, 0.1) is 0 Å². The third-order valence-corrected chi connectivity index (χ3v) is 3.00. The Kier molecular flexibility index (Phi) is 2.32. The number of nitrogens with one attached hydrogen (secondary N) is 2. The lowest BCUT2D eigenvalue weighted by Crippen LogP contribution is -2.44. The van der Waals surface area contributed by atoms with E-state index in [1.165, 1.54) is 4.68 Å². The normalized spacial score (nSPS) is 16.6. The number of H-pyrrole nitrogens is 1. The lowest BCUT2D eigenvalue weighted by Gasteiger charge is -2.26. The Balaban J connectivity index is 2.07. The highest BCUT2D eigenvalue weighted by Gasteiger charge is 2.15. The van der Waals surface area contributed by atoms with Crippen LogP contribution < -0.4 is 15.8 Å². The van der Waals surface area contributed by atoms with E-state index in [9.17, 15) is 4.79 Å². The fourth-order valence-corrected chi connectivity index (χ4v) is 2.01.